The molecule has 1 heterocycles. The molecule has 1 fully saturated rings. The van der Waals surface area contributed by atoms with Gasteiger partial charge in [-0.15, -0.1) is 0 Å². The molecule has 0 aliphatic heterocycles. The summed E-state index contributed by atoms with van der Waals surface area (Å²) in [5.41, 5.74) is 0.954. The van der Waals surface area contributed by atoms with E-state index in [1.165, 1.54) is 12.8 Å². The van der Waals surface area contributed by atoms with Crippen LogP contribution in [0.4, 0.5) is 5.82 Å². The Balaban J connectivity index is 2.16. The van der Waals surface area contributed by atoms with Crippen LogP contribution in [-0.2, 0) is 0 Å². The van der Waals surface area contributed by atoms with E-state index >= 15 is 0 Å². The molecule has 2 N–H and O–H groups in total. The van der Waals surface area contributed by atoms with Gasteiger partial charge in [0.15, 0.2) is 0 Å². The third-order valence-electron chi connectivity index (χ3n) is 3.14. The number of nitrogens with zero attached hydrogens (tertiary/aromatic N) is 2. The van der Waals surface area contributed by atoms with Crippen molar-refractivity contribution >= 4 is 5.82 Å². The Hall–Kier alpha value is -1.36. The largest absolute Gasteiger partial charge is 0.477 e. The molecule has 1 aliphatic carbocycles. The van der Waals surface area contributed by atoms with Gasteiger partial charge in [0.1, 0.15) is 11.6 Å². The van der Waals surface area contributed by atoms with E-state index in [4.69, 9.17) is 9.84 Å². The van der Waals surface area contributed by atoms with Crippen molar-refractivity contribution in [2.75, 3.05) is 25.1 Å². The number of hydrogen-bond acceptors (Lipinski definition) is 5. The number of hydrogen-bond donors (Lipinski definition) is 2. The van der Waals surface area contributed by atoms with Crippen molar-refractivity contribution in [1.29, 1.82) is 0 Å². The molecule has 1 aromatic rings. The zero-order valence-corrected chi connectivity index (χ0v) is 11.8. The maximum Gasteiger partial charge on any atom is 0.221 e. The highest BCUT2D eigenvalue weighted by molar-refractivity contribution is 5.49. The van der Waals surface area contributed by atoms with Gasteiger partial charge >= 0.3 is 0 Å². The number of aromatic nitrogens is 2. The first kappa shape index (κ1) is 14.1. The second-order valence-electron chi connectivity index (χ2n) is 4.99. The average molecular weight is 265 g/mol. The van der Waals surface area contributed by atoms with Crippen molar-refractivity contribution in [3.63, 3.8) is 0 Å². The number of rotatable bonds is 8. The molecule has 0 unspecified atom stereocenters. The van der Waals surface area contributed by atoms with Gasteiger partial charge in [-0.3, -0.25) is 0 Å². The minimum absolute atomic E-state index is 0.139. The van der Waals surface area contributed by atoms with Crippen LogP contribution >= 0.6 is 0 Å². The van der Waals surface area contributed by atoms with E-state index < -0.39 is 0 Å². The predicted molar refractivity (Wildman–Crippen MR) is 74.7 cm³/mol. The smallest absolute Gasteiger partial charge is 0.221 e. The Morgan fingerprint density at radius 1 is 1.37 bits per heavy atom. The van der Waals surface area contributed by atoms with E-state index in [0.717, 1.165) is 30.2 Å². The molecule has 0 spiro atoms. The molecule has 0 amide bonds. The number of ether oxygens (including phenoxy) is 1. The van der Waals surface area contributed by atoms with Crippen molar-refractivity contribution in [3.8, 4) is 5.88 Å². The van der Waals surface area contributed by atoms with Crippen molar-refractivity contribution < 1.29 is 9.84 Å². The zero-order chi connectivity index (χ0) is 13.7. The van der Waals surface area contributed by atoms with Gasteiger partial charge in [-0.05, 0) is 26.2 Å². The molecule has 1 saturated carbocycles. The Morgan fingerprint density at radius 3 is 2.79 bits per heavy atom. The Morgan fingerprint density at radius 2 is 2.16 bits per heavy atom. The van der Waals surface area contributed by atoms with Crippen LogP contribution in [0.2, 0.25) is 0 Å². The second-order valence-corrected chi connectivity index (χ2v) is 4.99. The van der Waals surface area contributed by atoms with Crippen molar-refractivity contribution in [2.45, 2.75) is 45.4 Å². The quantitative estimate of drug-likeness (QED) is 0.706. The lowest BCUT2D eigenvalue weighted by atomic mass is 10.3. The van der Waals surface area contributed by atoms with E-state index in [1.54, 1.807) is 0 Å². The SMILES string of the molecule is CCCNc1nc(C2CC2)nc(OCCCO)c1C. The first-order valence-corrected chi connectivity index (χ1v) is 7.12. The minimum atomic E-state index is 0.139. The van der Waals surface area contributed by atoms with Gasteiger partial charge in [0.2, 0.25) is 5.88 Å². The molecule has 0 atom stereocenters. The molecular formula is C14H23N3O2. The molecule has 2 rings (SSSR count). The van der Waals surface area contributed by atoms with E-state index in [2.05, 4.69) is 22.2 Å². The van der Waals surface area contributed by atoms with Crippen LogP contribution in [0.15, 0.2) is 0 Å². The van der Waals surface area contributed by atoms with Gasteiger partial charge < -0.3 is 15.2 Å². The van der Waals surface area contributed by atoms with E-state index in [1.807, 2.05) is 6.92 Å². The third-order valence-corrected chi connectivity index (χ3v) is 3.14. The summed E-state index contributed by atoms with van der Waals surface area (Å²) in [5, 5.41) is 12.1. The molecule has 0 bridgehead atoms. The molecule has 0 saturated heterocycles. The van der Waals surface area contributed by atoms with E-state index in [9.17, 15) is 0 Å². The molecule has 1 aromatic heterocycles. The fourth-order valence-corrected chi connectivity index (χ4v) is 1.83. The second kappa shape index (κ2) is 6.70. The molecule has 0 aromatic carbocycles. The van der Waals surface area contributed by atoms with Crippen LogP contribution < -0.4 is 10.1 Å². The van der Waals surface area contributed by atoms with E-state index in [0.29, 0.717) is 24.8 Å². The third kappa shape index (κ3) is 3.80. The summed E-state index contributed by atoms with van der Waals surface area (Å²) in [7, 11) is 0. The Labute approximate surface area is 114 Å². The summed E-state index contributed by atoms with van der Waals surface area (Å²) in [6, 6.07) is 0. The van der Waals surface area contributed by atoms with Crippen LogP contribution in [0.5, 0.6) is 5.88 Å². The zero-order valence-electron chi connectivity index (χ0n) is 11.8. The first-order valence-electron chi connectivity index (χ1n) is 7.12. The monoisotopic (exact) mass is 265 g/mol. The highest BCUT2D eigenvalue weighted by Gasteiger charge is 2.28. The highest BCUT2D eigenvalue weighted by Crippen LogP contribution is 2.39. The predicted octanol–water partition coefficient (Wildman–Crippen LogP) is 2.25. The summed E-state index contributed by atoms with van der Waals surface area (Å²) in [5.74, 6) is 2.94. The summed E-state index contributed by atoms with van der Waals surface area (Å²) in [4.78, 5) is 9.13. The molecular weight excluding hydrogens is 242 g/mol. The summed E-state index contributed by atoms with van der Waals surface area (Å²) in [6.07, 6.45) is 4.03. The van der Waals surface area contributed by atoms with Crippen LogP contribution in [0, 0.1) is 6.92 Å². The maximum atomic E-state index is 8.81. The van der Waals surface area contributed by atoms with Gasteiger partial charge in [0.25, 0.3) is 0 Å². The standard InChI is InChI=1S/C14H23N3O2/c1-3-7-15-12-10(2)14(19-9-4-8-18)17-13(16-12)11-5-6-11/h11,18H,3-9H2,1-2H3,(H,15,16,17). The van der Waals surface area contributed by atoms with Gasteiger partial charge in [-0.2, -0.15) is 4.98 Å². The maximum absolute atomic E-state index is 8.81. The lowest BCUT2D eigenvalue weighted by Crippen LogP contribution is -2.10. The van der Waals surface area contributed by atoms with Crippen molar-refractivity contribution in [3.05, 3.63) is 11.4 Å². The number of aliphatic hydroxyl groups excluding tert-OH is 1. The fraction of sp³-hybridized carbons (Fsp3) is 0.714. The van der Waals surface area contributed by atoms with Gasteiger partial charge in [-0.25, -0.2) is 4.98 Å². The minimum Gasteiger partial charge on any atom is -0.477 e. The summed E-state index contributed by atoms with van der Waals surface area (Å²) in [6.45, 7) is 5.64. The molecule has 1 aliphatic rings. The first-order chi connectivity index (χ1) is 9.26. The molecule has 0 radical (unpaired) electrons. The molecule has 5 heteroatoms. The average Bonchev–Trinajstić information content (AvgIpc) is 3.24. The van der Waals surface area contributed by atoms with Crippen LogP contribution in [0.3, 0.4) is 0 Å². The molecule has 5 nitrogen and oxygen atoms in total. The highest BCUT2D eigenvalue weighted by atomic mass is 16.5. The number of aliphatic hydroxyl groups is 1. The topological polar surface area (TPSA) is 67.3 Å². The number of nitrogens with one attached hydrogen (secondary N) is 1. The van der Waals surface area contributed by atoms with Crippen LogP contribution in [0.1, 0.15) is 49.9 Å². The molecule has 19 heavy (non-hydrogen) atoms. The van der Waals surface area contributed by atoms with Crippen molar-refractivity contribution in [2.24, 2.45) is 0 Å². The van der Waals surface area contributed by atoms with Gasteiger partial charge in [-0.1, -0.05) is 6.92 Å². The lowest BCUT2D eigenvalue weighted by Gasteiger charge is -2.14. The van der Waals surface area contributed by atoms with Crippen LogP contribution in [-0.4, -0.2) is 34.8 Å². The fourth-order valence-electron chi connectivity index (χ4n) is 1.83. The van der Waals surface area contributed by atoms with Crippen LogP contribution in [0.25, 0.3) is 0 Å². The normalized spacial score (nSPS) is 14.5. The summed E-state index contributed by atoms with van der Waals surface area (Å²) < 4.78 is 5.67. The Bertz CT molecular complexity index is 419. The van der Waals surface area contributed by atoms with Gasteiger partial charge in [0.05, 0.1) is 12.2 Å². The number of anilines is 1. The Kier molecular flexibility index (Phi) is 4.96. The van der Waals surface area contributed by atoms with E-state index in [-0.39, 0.29) is 6.61 Å². The van der Waals surface area contributed by atoms with Crippen molar-refractivity contribution in [1.82, 2.24) is 9.97 Å². The van der Waals surface area contributed by atoms with Gasteiger partial charge in [0, 0.05) is 25.5 Å². The lowest BCUT2D eigenvalue weighted by molar-refractivity contribution is 0.228. The summed E-state index contributed by atoms with van der Waals surface area (Å²) >= 11 is 0. The molecule has 106 valence electrons.